The van der Waals surface area contributed by atoms with Gasteiger partial charge in [0.05, 0.1) is 24.7 Å². The predicted octanol–water partition coefficient (Wildman–Crippen LogP) is 4.04. The molecule has 0 spiro atoms. The molecule has 2 unspecified atom stereocenters. The number of aromatic nitrogens is 2. The molecule has 2 aliphatic rings. The molecule has 0 bridgehead atoms. The maximum absolute atomic E-state index is 14.8. The number of ketones is 1. The van der Waals surface area contributed by atoms with Crippen LogP contribution in [0.25, 0.3) is 6.08 Å². The van der Waals surface area contributed by atoms with Crippen molar-refractivity contribution in [3.63, 3.8) is 0 Å². The van der Waals surface area contributed by atoms with Gasteiger partial charge in [-0.1, -0.05) is 30.0 Å². The molecule has 1 aliphatic carbocycles. The van der Waals surface area contributed by atoms with Gasteiger partial charge in [0.1, 0.15) is 12.4 Å². The van der Waals surface area contributed by atoms with E-state index in [1.807, 2.05) is 11.0 Å². The van der Waals surface area contributed by atoms with Crippen LogP contribution < -0.4 is 0 Å². The fraction of sp³-hybridized carbons (Fsp3) is 0.462. The van der Waals surface area contributed by atoms with Crippen LogP contribution in [0.4, 0.5) is 4.39 Å². The SMILES string of the molecule is CCOC(=O)Cn1cnc(/C=C2\CN(C(C(=O)C3CC3)c3ccccc3F)CCC2SC(C)=O)c1. The van der Waals surface area contributed by atoms with Crippen LogP contribution in [0.1, 0.15) is 50.4 Å². The number of thioether (sulfide) groups is 1. The lowest BCUT2D eigenvalue weighted by atomic mass is 9.93. The second kappa shape index (κ2) is 11.3. The summed E-state index contributed by atoms with van der Waals surface area (Å²) in [7, 11) is 0. The first-order valence-electron chi connectivity index (χ1n) is 11.9. The smallest absolute Gasteiger partial charge is 0.325 e. The third-order valence-electron chi connectivity index (χ3n) is 6.20. The van der Waals surface area contributed by atoms with E-state index in [1.165, 1.54) is 17.8 Å². The number of esters is 1. The molecule has 35 heavy (non-hydrogen) atoms. The fourth-order valence-corrected chi connectivity index (χ4v) is 5.40. The van der Waals surface area contributed by atoms with Crippen LogP contribution in [0.5, 0.6) is 0 Å². The quantitative estimate of drug-likeness (QED) is 0.482. The molecule has 186 valence electrons. The van der Waals surface area contributed by atoms with E-state index < -0.39 is 6.04 Å². The molecule has 9 heteroatoms. The van der Waals surface area contributed by atoms with Gasteiger partial charge in [0.2, 0.25) is 0 Å². The largest absolute Gasteiger partial charge is 0.465 e. The number of benzene rings is 1. The molecule has 0 amide bonds. The lowest BCUT2D eigenvalue weighted by molar-refractivity contribution is -0.143. The molecule has 2 heterocycles. The Kier molecular flexibility index (Phi) is 8.18. The summed E-state index contributed by atoms with van der Waals surface area (Å²) >= 11 is 1.26. The molecule has 1 aromatic heterocycles. The summed E-state index contributed by atoms with van der Waals surface area (Å²) < 4.78 is 21.4. The molecule has 0 N–H and O–H groups in total. The van der Waals surface area contributed by atoms with E-state index in [9.17, 15) is 18.8 Å². The highest BCUT2D eigenvalue weighted by atomic mass is 32.2. The molecule has 1 saturated carbocycles. The Labute approximate surface area is 208 Å². The Balaban J connectivity index is 1.61. The van der Waals surface area contributed by atoms with E-state index in [-0.39, 0.29) is 40.4 Å². The summed E-state index contributed by atoms with van der Waals surface area (Å²) in [6.07, 6.45) is 7.58. The van der Waals surface area contributed by atoms with Crippen molar-refractivity contribution in [2.45, 2.75) is 50.9 Å². The summed E-state index contributed by atoms with van der Waals surface area (Å²) in [5.41, 5.74) is 2.00. The average molecular weight is 500 g/mol. The van der Waals surface area contributed by atoms with Crippen molar-refractivity contribution in [3.8, 4) is 0 Å². The number of Topliss-reactive ketones (excluding diaryl/α,β-unsaturated/α-hetero) is 1. The van der Waals surface area contributed by atoms with Crippen molar-refractivity contribution >= 4 is 34.7 Å². The van der Waals surface area contributed by atoms with Crippen molar-refractivity contribution in [2.75, 3.05) is 19.7 Å². The van der Waals surface area contributed by atoms with Gasteiger partial charge in [-0.3, -0.25) is 19.3 Å². The van der Waals surface area contributed by atoms with Gasteiger partial charge < -0.3 is 9.30 Å². The van der Waals surface area contributed by atoms with Crippen LogP contribution in [0, 0.1) is 11.7 Å². The number of hydrogen-bond acceptors (Lipinski definition) is 7. The molecule has 1 saturated heterocycles. The van der Waals surface area contributed by atoms with Gasteiger partial charge in [-0.05, 0) is 43.9 Å². The number of piperidine rings is 1. The lowest BCUT2D eigenvalue weighted by Crippen LogP contribution is -2.43. The average Bonchev–Trinajstić information content (AvgIpc) is 3.58. The van der Waals surface area contributed by atoms with Gasteiger partial charge in [-0.25, -0.2) is 9.37 Å². The van der Waals surface area contributed by atoms with Gasteiger partial charge in [-0.2, -0.15) is 0 Å². The van der Waals surface area contributed by atoms with Gasteiger partial charge in [0.15, 0.2) is 10.9 Å². The molecule has 4 rings (SSSR count). The highest BCUT2D eigenvalue weighted by Crippen LogP contribution is 2.40. The number of nitrogens with zero attached hydrogens (tertiary/aromatic N) is 3. The van der Waals surface area contributed by atoms with E-state index in [1.54, 1.807) is 49.1 Å². The zero-order valence-corrected chi connectivity index (χ0v) is 20.8. The van der Waals surface area contributed by atoms with Crippen LogP contribution in [-0.4, -0.2) is 56.3 Å². The number of carbonyl (C=O) groups is 3. The van der Waals surface area contributed by atoms with Crippen LogP contribution in [0.3, 0.4) is 0 Å². The fourth-order valence-electron chi connectivity index (χ4n) is 4.48. The third-order valence-corrected chi connectivity index (χ3v) is 7.36. The molecule has 7 nitrogen and oxygen atoms in total. The first-order chi connectivity index (χ1) is 16.9. The van der Waals surface area contributed by atoms with E-state index in [2.05, 4.69) is 4.98 Å². The topological polar surface area (TPSA) is 81.5 Å². The van der Waals surface area contributed by atoms with Gasteiger partial charge in [0.25, 0.3) is 0 Å². The molecule has 2 aromatic rings. The van der Waals surface area contributed by atoms with Gasteiger partial charge in [-0.15, -0.1) is 0 Å². The Morgan fingerprint density at radius 1 is 1.26 bits per heavy atom. The van der Waals surface area contributed by atoms with Gasteiger partial charge >= 0.3 is 5.97 Å². The van der Waals surface area contributed by atoms with Crippen molar-refractivity contribution < 1.29 is 23.5 Å². The molecule has 2 atom stereocenters. The number of hydrogen-bond donors (Lipinski definition) is 0. The molecule has 2 fully saturated rings. The van der Waals surface area contributed by atoms with Crippen LogP contribution in [0.2, 0.25) is 0 Å². The van der Waals surface area contributed by atoms with E-state index in [0.29, 0.717) is 37.4 Å². The maximum atomic E-state index is 14.8. The summed E-state index contributed by atoms with van der Waals surface area (Å²) in [6, 6.07) is 5.82. The first kappa shape index (κ1) is 25.3. The van der Waals surface area contributed by atoms with Crippen molar-refractivity contribution in [3.05, 3.63) is 59.4 Å². The van der Waals surface area contributed by atoms with Crippen LogP contribution in [-0.2, 0) is 25.7 Å². The predicted molar refractivity (Wildman–Crippen MR) is 132 cm³/mol. The monoisotopic (exact) mass is 499 g/mol. The summed E-state index contributed by atoms with van der Waals surface area (Å²) in [4.78, 5) is 43.4. The Morgan fingerprint density at radius 3 is 2.71 bits per heavy atom. The van der Waals surface area contributed by atoms with Crippen LogP contribution in [0.15, 0.2) is 42.4 Å². The summed E-state index contributed by atoms with van der Waals surface area (Å²) in [6.45, 7) is 4.68. The summed E-state index contributed by atoms with van der Waals surface area (Å²) in [5, 5.41) is -0.0434. The van der Waals surface area contributed by atoms with Crippen molar-refractivity contribution in [2.24, 2.45) is 5.92 Å². The van der Waals surface area contributed by atoms with Gasteiger partial charge in [0, 0.05) is 42.9 Å². The highest BCUT2D eigenvalue weighted by molar-refractivity contribution is 8.14. The molecule has 1 aliphatic heterocycles. The zero-order valence-electron chi connectivity index (χ0n) is 20.0. The van der Waals surface area contributed by atoms with Crippen molar-refractivity contribution in [1.82, 2.24) is 14.5 Å². The number of ether oxygens (including phenoxy) is 1. The number of rotatable bonds is 9. The first-order valence-corrected chi connectivity index (χ1v) is 12.8. The normalized spacial score (nSPS) is 20.5. The molecule has 1 aromatic carbocycles. The Hall–Kier alpha value is -2.78. The second-order valence-electron chi connectivity index (χ2n) is 8.95. The standard InChI is InChI=1S/C26H30FN3O4S/c1-3-34-24(32)15-29-14-20(28-16-29)12-19-13-30(11-10-23(19)35-17(2)31)25(26(33)18-8-9-18)21-6-4-5-7-22(21)27/h4-7,12,14,16,18,23,25H,3,8-11,13,15H2,1-2H3/b19-12+. The lowest BCUT2D eigenvalue weighted by Gasteiger charge is -2.38. The Bertz CT molecular complexity index is 1130. The van der Waals surface area contributed by atoms with E-state index in [4.69, 9.17) is 4.74 Å². The number of likely N-dealkylation sites (tertiary alicyclic amines) is 1. The van der Waals surface area contributed by atoms with E-state index >= 15 is 0 Å². The second-order valence-corrected chi connectivity index (χ2v) is 10.3. The van der Waals surface area contributed by atoms with E-state index in [0.717, 1.165) is 18.4 Å². The minimum Gasteiger partial charge on any atom is -0.465 e. The van der Waals surface area contributed by atoms with Crippen LogP contribution >= 0.6 is 11.8 Å². The maximum Gasteiger partial charge on any atom is 0.325 e. The van der Waals surface area contributed by atoms with Crippen molar-refractivity contribution in [1.29, 1.82) is 0 Å². The number of carbonyl (C=O) groups excluding carboxylic acids is 3. The summed E-state index contributed by atoms with van der Waals surface area (Å²) in [5.74, 6) is -0.681. The molecular formula is C26H30FN3O4S. The number of imidazole rings is 1. The zero-order chi connectivity index (χ0) is 24.9. The highest BCUT2D eigenvalue weighted by Gasteiger charge is 2.41. The molecular weight excluding hydrogens is 469 g/mol. The molecule has 0 radical (unpaired) electrons. The number of halogens is 1. The minimum absolute atomic E-state index is 0.0156. The third kappa shape index (κ3) is 6.46. The minimum atomic E-state index is -0.656. The Morgan fingerprint density at radius 2 is 2.03 bits per heavy atom.